The summed E-state index contributed by atoms with van der Waals surface area (Å²) >= 11 is 0. The molecule has 1 amide bonds. The van der Waals surface area contributed by atoms with Gasteiger partial charge in [-0.1, -0.05) is 6.08 Å². The summed E-state index contributed by atoms with van der Waals surface area (Å²) in [6, 6.07) is 0. The van der Waals surface area contributed by atoms with Crippen LogP contribution in [-0.4, -0.2) is 23.9 Å². The number of hydrogen-bond donors (Lipinski definition) is 0. The van der Waals surface area contributed by atoms with Crippen LogP contribution in [0.1, 0.15) is 32.6 Å². The molecule has 1 aliphatic carbocycles. The molecular weight excluding hydrogens is 174 g/mol. The van der Waals surface area contributed by atoms with E-state index in [0.29, 0.717) is 5.92 Å². The Bertz CT molecular complexity index is 247. The lowest BCUT2D eigenvalue weighted by atomic mass is 10.1. The number of nitrogens with zero attached hydrogens (tertiary/aromatic N) is 1. The van der Waals surface area contributed by atoms with Crippen molar-refractivity contribution in [3.05, 3.63) is 18.1 Å². The van der Waals surface area contributed by atoms with Gasteiger partial charge in [0.1, 0.15) is 0 Å². The van der Waals surface area contributed by atoms with Crippen LogP contribution in [-0.2, 0) is 4.79 Å². The van der Waals surface area contributed by atoms with E-state index in [1.807, 2.05) is 11.8 Å². The minimum Gasteiger partial charge on any atom is -0.339 e. The van der Waals surface area contributed by atoms with Gasteiger partial charge in [0.25, 0.3) is 0 Å². The molecular formula is C12H18NO. The van der Waals surface area contributed by atoms with Gasteiger partial charge in [-0.05, 0) is 44.9 Å². The van der Waals surface area contributed by atoms with Gasteiger partial charge >= 0.3 is 0 Å². The number of carbonyl (C=O) groups is 1. The maximum atomic E-state index is 11.9. The Morgan fingerprint density at radius 1 is 1.50 bits per heavy atom. The van der Waals surface area contributed by atoms with Crippen LogP contribution in [0.2, 0.25) is 0 Å². The highest BCUT2D eigenvalue weighted by Crippen LogP contribution is 2.31. The second-order valence-corrected chi connectivity index (χ2v) is 4.37. The Labute approximate surface area is 86.0 Å². The fourth-order valence-corrected chi connectivity index (χ4v) is 1.89. The number of hydrogen-bond acceptors (Lipinski definition) is 1. The van der Waals surface area contributed by atoms with Gasteiger partial charge in [0, 0.05) is 18.7 Å². The Balaban J connectivity index is 1.91. The molecule has 14 heavy (non-hydrogen) atoms. The summed E-state index contributed by atoms with van der Waals surface area (Å²) in [5, 5.41) is 0. The van der Waals surface area contributed by atoms with Crippen molar-refractivity contribution in [2.45, 2.75) is 32.6 Å². The van der Waals surface area contributed by atoms with Crippen molar-refractivity contribution in [1.82, 2.24) is 4.90 Å². The van der Waals surface area contributed by atoms with E-state index >= 15 is 0 Å². The normalized spacial score (nSPS) is 23.8. The summed E-state index contributed by atoms with van der Waals surface area (Å²) in [7, 11) is 0. The first-order chi connectivity index (χ1) is 6.77. The summed E-state index contributed by atoms with van der Waals surface area (Å²) in [4.78, 5) is 13.9. The van der Waals surface area contributed by atoms with E-state index < -0.39 is 0 Å². The molecule has 0 spiro atoms. The summed E-state index contributed by atoms with van der Waals surface area (Å²) in [6.07, 6.45) is 9.19. The largest absolute Gasteiger partial charge is 0.339 e. The molecule has 0 bridgehead atoms. The van der Waals surface area contributed by atoms with Crippen molar-refractivity contribution < 1.29 is 4.79 Å². The molecule has 2 heteroatoms. The van der Waals surface area contributed by atoms with Gasteiger partial charge in [-0.2, -0.15) is 0 Å². The zero-order valence-electron chi connectivity index (χ0n) is 8.83. The van der Waals surface area contributed by atoms with E-state index in [1.54, 1.807) is 0 Å². The zero-order chi connectivity index (χ0) is 9.97. The van der Waals surface area contributed by atoms with Crippen molar-refractivity contribution >= 4 is 5.91 Å². The SMILES string of the molecule is CC(=CC1CC1)C(=O)N1C[CH]CCC1. The third-order valence-corrected chi connectivity index (χ3v) is 2.92. The van der Waals surface area contributed by atoms with E-state index in [-0.39, 0.29) is 5.91 Å². The Kier molecular flexibility index (Phi) is 2.90. The summed E-state index contributed by atoms with van der Waals surface area (Å²) < 4.78 is 0. The third kappa shape index (κ3) is 2.37. The van der Waals surface area contributed by atoms with Crippen LogP contribution in [0.25, 0.3) is 0 Å². The smallest absolute Gasteiger partial charge is 0.249 e. The van der Waals surface area contributed by atoms with Gasteiger partial charge in [-0.15, -0.1) is 0 Å². The minimum absolute atomic E-state index is 0.243. The number of piperidine rings is 1. The summed E-state index contributed by atoms with van der Waals surface area (Å²) in [5.41, 5.74) is 0.947. The second kappa shape index (κ2) is 4.16. The number of amides is 1. The molecule has 77 valence electrons. The third-order valence-electron chi connectivity index (χ3n) is 2.92. The quantitative estimate of drug-likeness (QED) is 0.614. The number of likely N-dealkylation sites (tertiary alicyclic amines) is 1. The Hall–Kier alpha value is -0.790. The van der Waals surface area contributed by atoms with E-state index in [0.717, 1.165) is 31.5 Å². The minimum atomic E-state index is 0.243. The van der Waals surface area contributed by atoms with Gasteiger partial charge in [-0.25, -0.2) is 0 Å². The highest BCUT2D eigenvalue weighted by atomic mass is 16.2. The average molecular weight is 192 g/mol. The highest BCUT2D eigenvalue weighted by molar-refractivity contribution is 5.93. The standard InChI is InChI=1S/C12H18NO/c1-10(9-11-5-6-11)12(14)13-7-3-2-4-8-13/h3,9,11H,2,4-8H2,1H3. The van der Waals surface area contributed by atoms with E-state index in [9.17, 15) is 4.79 Å². The molecule has 0 atom stereocenters. The monoisotopic (exact) mass is 192 g/mol. The summed E-state index contributed by atoms with van der Waals surface area (Å²) in [6.45, 7) is 3.73. The maximum Gasteiger partial charge on any atom is 0.249 e. The lowest BCUT2D eigenvalue weighted by Gasteiger charge is -2.26. The van der Waals surface area contributed by atoms with Crippen molar-refractivity contribution in [2.75, 3.05) is 13.1 Å². The molecule has 1 saturated carbocycles. The lowest BCUT2D eigenvalue weighted by Crippen LogP contribution is -2.36. The summed E-state index contributed by atoms with van der Waals surface area (Å²) in [5.74, 6) is 0.945. The molecule has 2 rings (SSSR count). The maximum absolute atomic E-state index is 11.9. The fraction of sp³-hybridized carbons (Fsp3) is 0.667. The first-order valence-electron chi connectivity index (χ1n) is 5.57. The van der Waals surface area contributed by atoms with Crippen LogP contribution in [0.4, 0.5) is 0 Å². The molecule has 1 saturated heterocycles. The Morgan fingerprint density at radius 2 is 2.29 bits per heavy atom. The molecule has 1 radical (unpaired) electrons. The fourth-order valence-electron chi connectivity index (χ4n) is 1.89. The van der Waals surface area contributed by atoms with Crippen molar-refractivity contribution in [3.8, 4) is 0 Å². The zero-order valence-corrected chi connectivity index (χ0v) is 8.83. The molecule has 2 nitrogen and oxygen atoms in total. The lowest BCUT2D eigenvalue weighted by molar-refractivity contribution is -0.127. The van der Waals surface area contributed by atoms with Crippen molar-refractivity contribution in [1.29, 1.82) is 0 Å². The van der Waals surface area contributed by atoms with Gasteiger partial charge in [-0.3, -0.25) is 4.79 Å². The van der Waals surface area contributed by atoms with Crippen molar-refractivity contribution in [2.24, 2.45) is 5.92 Å². The molecule has 0 N–H and O–H groups in total. The van der Waals surface area contributed by atoms with Crippen LogP contribution in [0.5, 0.6) is 0 Å². The molecule has 1 aliphatic heterocycles. The van der Waals surface area contributed by atoms with Gasteiger partial charge in [0.2, 0.25) is 5.91 Å². The van der Waals surface area contributed by atoms with E-state index in [1.165, 1.54) is 12.8 Å². The van der Waals surface area contributed by atoms with Crippen LogP contribution in [0.3, 0.4) is 0 Å². The van der Waals surface area contributed by atoms with Crippen molar-refractivity contribution in [3.63, 3.8) is 0 Å². The number of allylic oxidation sites excluding steroid dienone is 1. The molecule has 0 aromatic carbocycles. The van der Waals surface area contributed by atoms with E-state index in [2.05, 4.69) is 12.5 Å². The molecule has 0 aromatic heterocycles. The first-order valence-corrected chi connectivity index (χ1v) is 5.57. The highest BCUT2D eigenvalue weighted by Gasteiger charge is 2.22. The average Bonchev–Trinajstić information content (AvgIpc) is 3.02. The molecule has 1 heterocycles. The predicted molar refractivity (Wildman–Crippen MR) is 56.6 cm³/mol. The predicted octanol–water partition coefficient (Wildman–Crippen LogP) is 2.17. The number of carbonyl (C=O) groups excluding carboxylic acids is 1. The van der Waals surface area contributed by atoms with Crippen LogP contribution < -0.4 is 0 Å². The molecule has 2 fully saturated rings. The second-order valence-electron chi connectivity index (χ2n) is 4.37. The first kappa shape index (κ1) is 9.75. The van der Waals surface area contributed by atoms with Gasteiger partial charge in [0.05, 0.1) is 0 Å². The topological polar surface area (TPSA) is 20.3 Å². The molecule has 0 aromatic rings. The van der Waals surface area contributed by atoms with Gasteiger partial charge in [0.15, 0.2) is 0 Å². The van der Waals surface area contributed by atoms with E-state index in [4.69, 9.17) is 0 Å². The van der Waals surface area contributed by atoms with Gasteiger partial charge < -0.3 is 4.90 Å². The molecule has 0 unspecified atom stereocenters. The Morgan fingerprint density at radius 3 is 2.86 bits per heavy atom. The number of rotatable bonds is 2. The van der Waals surface area contributed by atoms with Crippen LogP contribution in [0.15, 0.2) is 11.6 Å². The van der Waals surface area contributed by atoms with Crippen LogP contribution >= 0.6 is 0 Å². The van der Waals surface area contributed by atoms with Crippen LogP contribution in [0, 0.1) is 12.3 Å². The molecule has 2 aliphatic rings.